The number of halogens is 1. The van der Waals surface area contributed by atoms with Gasteiger partial charge in [-0.2, -0.15) is 0 Å². The van der Waals surface area contributed by atoms with E-state index in [9.17, 15) is 19.7 Å². The maximum Gasteiger partial charge on any atom is 0.338 e. The molecule has 1 atom stereocenters. The van der Waals surface area contributed by atoms with E-state index in [1.807, 2.05) is 6.92 Å². The Labute approximate surface area is 261 Å². The Hall–Kier alpha value is -4.74. The quantitative estimate of drug-likeness (QED) is 0.131. The lowest BCUT2D eigenvalue weighted by atomic mass is 9.96. The highest BCUT2D eigenvalue weighted by Crippen LogP contribution is 2.32. The Morgan fingerprint density at radius 3 is 2.43 bits per heavy atom. The lowest BCUT2D eigenvalue weighted by Gasteiger charge is -2.24. The summed E-state index contributed by atoms with van der Waals surface area (Å²) in [6.45, 7) is 6.06. The van der Waals surface area contributed by atoms with Crippen molar-refractivity contribution in [2.75, 3.05) is 13.2 Å². The number of hydrogen-bond donors (Lipinski definition) is 0. The van der Waals surface area contributed by atoms with Crippen LogP contribution in [0.5, 0.6) is 11.5 Å². The molecule has 0 amide bonds. The minimum atomic E-state index is -0.737. The van der Waals surface area contributed by atoms with Gasteiger partial charge in [0.05, 0.1) is 40.0 Å². The summed E-state index contributed by atoms with van der Waals surface area (Å²) in [6.07, 6.45) is 1.74. The normalized spacial score (nSPS) is 14.5. The smallest absolute Gasteiger partial charge is 0.338 e. The third-order valence-corrected chi connectivity index (χ3v) is 8.04. The fourth-order valence-electron chi connectivity index (χ4n) is 4.78. The molecule has 0 bridgehead atoms. The summed E-state index contributed by atoms with van der Waals surface area (Å²) in [5.74, 6) is 0.435. The number of carbonyl (C=O) groups excluding carboxylic acids is 1. The largest absolute Gasteiger partial charge is 0.490 e. The molecule has 0 unspecified atom stereocenters. The SMILES string of the molecule is CCOC(=O)C1=C(C)N=c2s/c(=C\c3ccc(OCc4ccc([N+](=O)[O-])cc4)c(OCC)c3)c(=O)n2[C@H]1c1ccc(Cl)cc1. The Bertz CT molecular complexity index is 1930. The van der Waals surface area contributed by atoms with Crippen LogP contribution in [0.3, 0.4) is 0 Å². The molecule has 4 aromatic rings. The molecule has 0 aliphatic carbocycles. The molecule has 10 nitrogen and oxygen atoms in total. The second kappa shape index (κ2) is 13.3. The molecule has 0 fully saturated rings. The van der Waals surface area contributed by atoms with Crippen LogP contribution in [0.25, 0.3) is 6.08 Å². The Kier molecular flexibility index (Phi) is 9.26. The molecule has 3 aromatic carbocycles. The van der Waals surface area contributed by atoms with E-state index in [0.717, 1.165) is 5.56 Å². The van der Waals surface area contributed by atoms with Crippen molar-refractivity contribution < 1.29 is 23.9 Å². The second-order valence-electron chi connectivity index (χ2n) is 9.71. The minimum absolute atomic E-state index is 0.00477. The number of rotatable bonds is 10. The van der Waals surface area contributed by atoms with Gasteiger partial charge in [0.1, 0.15) is 6.61 Å². The van der Waals surface area contributed by atoms with Crippen molar-refractivity contribution in [2.45, 2.75) is 33.4 Å². The zero-order valence-electron chi connectivity index (χ0n) is 24.1. The van der Waals surface area contributed by atoms with Crippen molar-refractivity contribution in [1.29, 1.82) is 0 Å². The number of fused-ring (bicyclic) bond motifs is 1. The Morgan fingerprint density at radius 2 is 1.77 bits per heavy atom. The maximum absolute atomic E-state index is 13.9. The third kappa shape index (κ3) is 6.43. The number of nitro benzene ring substituents is 1. The van der Waals surface area contributed by atoms with Gasteiger partial charge in [-0.1, -0.05) is 41.1 Å². The van der Waals surface area contributed by atoms with E-state index >= 15 is 0 Å². The number of hydrogen-bond acceptors (Lipinski definition) is 9. The molecule has 5 rings (SSSR count). The van der Waals surface area contributed by atoms with Crippen LogP contribution in [0, 0.1) is 10.1 Å². The maximum atomic E-state index is 13.9. The molecule has 1 aliphatic rings. The second-order valence-corrected chi connectivity index (χ2v) is 11.2. The molecular formula is C32H28ClN3O7S. The number of aromatic nitrogens is 1. The number of benzene rings is 3. The van der Waals surface area contributed by atoms with E-state index in [2.05, 4.69) is 4.99 Å². The van der Waals surface area contributed by atoms with Crippen LogP contribution in [-0.4, -0.2) is 28.7 Å². The molecule has 44 heavy (non-hydrogen) atoms. The molecule has 12 heteroatoms. The van der Waals surface area contributed by atoms with Crippen LogP contribution >= 0.6 is 22.9 Å². The average molecular weight is 634 g/mol. The minimum Gasteiger partial charge on any atom is -0.490 e. The highest BCUT2D eigenvalue weighted by Gasteiger charge is 2.33. The summed E-state index contributed by atoms with van der Waals surface area (Å²) in [7, 11) is 0. The topological polar surface area (TPSA) is 122 Å². The van der Waals surface area contributed by atoms with Crippen molar-refractivity contribution in [3.8, 4) is 11.5 Å². The first-order valence-electron chi connectivity index (χ1n) is 13.8. The number of carbonyl (C=O) groups is 1. The number of allylic oxidation sites excluding steroid dienone is 1. The molecule has 2 heterocycles. The number of non-ortho nitro benzene ring substituents is 1. The van der Waals surface area contributed by atoms with Gasteiger partial charge in [-0.15, -0.1) is 0 Å². The number of nitro groups is 1. The first-order valence-corrected chi connectivity index (χ1v) is 15.0. The molecule has 226 valence electrons. The number of ether oxygens (including phenoxy) is 3. The van der Waals surface area contributed by atoms with Gasteiger partial charge in [-0.05, 0) is 79.9 Å². The summed E-state index contributed by atoms with van der Waals surface area (Å²) >= 11 is 7.35. The Balaban J connectivity index is 1.51. The van der Waals surface area contributed by atoms with Gasteiger partial charge in [-0.3, -0.25) is 19.5 Å². The summed E-state index contributed by atoms with van der Waals surface area (Å²) in [5.41, 5.74) is 2.63. The van der Waals surface area contributed by atoms with Crippen LogP contribution in [0.2, 0.25) is 5.02 Å². The van der Waals surface area contributed by atoms with Gasteiger partial charge in [0.15, 0.2) is 16.3 Å². The average Bonchev–Trinajstić information content (AvgIpc) is 3.30. The summed E-state index contributed by atoms with van der Waals surface area (Å²) < 4.78 is 19.1. The molecule has 0 N–H and O–H groups in total. The number of esters is 1. The molecule has 0 saturated heterocycles. The van der Waals surface area contributed by atoms with Crippen LogP contribution in [0.15, 0.2) is 87.8 Å². The van der Waals surface area contributed by atoms with Gasteiger partial charge >= 0.3 is 5.97 Å². The van der Waals surface area contributed by atoms with Crippen molar-refractivity contribution in [3.05, 3.63) is 130 Å². The zero-order chi connectivity index (χ0) is 31.4. The van der Waals surface area contributed by atoms with Crippen molar-refractivity contribution in [1.82, 2.24) is 4.57 Å². The van der Waals surface area contributed by atoms with E-state index in [1.54, 1.807) is 74.5 Å². The Morgan fingerprint density at radius 1 is 1.05 bits per heavy atom. The van der Waals surface area contributed by atoms with Crippen molar-refractivity contribution >= 4 is 40.7 Å². The van der Waals surface area contributed by atoms with E-state index in [0.29, 0.717) is 54.9 Å². The summed E-state index contributed by atoms with van der Waals surface area (Å²) in [5, 5.41) is 11.5. The van der Waals surface area contributed by atoms with Gasteiger partial charge in [-0.25, -0.2) is 9.79 Å². The molecule has 1 aliphatic heterocycles. The first kappa shape index (κ1) is 30.7. The van der Waals surface area contributed by atoms with Crippen LogP contribution in [0.1, 0.15) is 43.5 Å². The van der Waals surface area contributed by atoms with Gasteiger partial charge in [0, 0.05) is 17.2 Å². The van der Waals surface area contributed by atoms with Crippen LogP contribution in [0.4, 0.5) is 5.69 Å². The first-order chi connectivity index (χ1) is 21.2. The van der Waals surface area contributed by atoms with Crippen molar-refractivity contribution in [3.63, 3.8) is 0 Å². The molecular weight excluding hydrogens is 606 g/mol. The number of nitrogens with zero attached hydrogens (tertiary/aromatic N) is 3. The van der Waals surface area contributed by atoms with Gasteiger partial charge < -0.3 is 14.2 Å². The van der Waals surface area contributed by atoms with E-state index < -0.39 is 16.9 Å². The molecule has 1 aromatic heterocycles. The van der Waals surface area contributed by atoms with E-state index in [1.165, 1.54) is 28.0 Å². The highest BCUT2D eigenvalue weighted by atomic mass is 35.5. The molecule has 0 saturated carbocycles. The number of thiazole rings is 1. The third-order valence-electron chi connectivity index (χ3n) is 6.81. The van der Waals surface area contributed by atoms with E-state index in [4.69, 9.17) is 25.8 Å². The van der Waals surface area contributed by atoms with Gasteiger partial charge in [0.2, 0.25) is 0 Å². The van der Waals surface area contributed by atoms with Crippen LogP contribution < -0.4 is 24.4 Å². The molecule has 0 spiro atoms. The fourth-order valence-corrected chi connectivity index (χ4v) is 5.95. The predicted octanol–water partition coefficient (Wildman–Crippen LogP) is 5.34. The predicted molar refractivity (Wildman–Crippen MR) is 167 cm³/mol. The zero-order valence-corrected chi connectivity index (χ0v) is 25.7. The summed E-state index contributed by atoms with van der Waals surface area (Å²) in [6, 6.07) is 17.7. The van der Waals surface area contributed by atoms with Crippen LogP contribution in [-0.2, 0) is 16.1 Å². The highest BCUT2D eigenvalue weighted by molar-refractivity contribution is 7.07. The molecule has 0 radical (unpaired) electrons. The van der Waals surface area contributed by atoms with E-state index in [-0.39, 0.29) is 24.5 Å². The lowest BCUT2D eigenvalue weighted by Crippen LogP contribution is -2.39. The fraction of sp³-hybridized carbons (Fsp3) is 0.219. The lowest BCUT2D eigenvalue weighted by molar-refractivity contribution is -0.384. The monoisotopic (exact) mass is 633 g/mol. The van der Waals surface area contributed by atoms with Gasteiger partial charge in [0.25, 0.3) is 11.2 Å². The standard InChI is InChI=1S/C32H28ClN3O7S/c1-4-41-26-16-21(8-15-25(26)43-18-20-6-13-24(14-7-20)36(39)40)17-27-30(37)35-29(22-9-11-23(33)12-10-22)28(31(38)42-5-2)19(3)34-32(35)44-27/h6-17,29H,4-5,18H2,1-3H3/b27-17-/t29-/m0/s1. The van der Waals surface area contributed by atoms with Crippen molar-refractivity contribution in [2.24, 2.45) is 4.99 Å². The summed E-state index contributed by atoms with van der Waals surface area (Å²) in [4.78, 5) is 42.5.